The maximum Gasteiger partial charge on any atom is 0.509 e. The van der Waals surface area contributed by atoms with Crippen LogP contribution in [-0.4, -0.2) is 138 Å². The van der Waals surface area contributed by atoms with Gasteiger partial charge in [-0.2, -0.15) is 0 Å². The van der Waals surface area contributed by atoms with E-state index in [0.717, 1.165) is 11.3 Å². The number of hydrogen-bond acceptors (Lipinski definition) is 19. The van der Waals surface area contributed by atoms with Crippen LogP contribution in [0.5, 0.6) is 17.2 Å². The molecular weight excluding hydrogens is 1280 g/mol. The van der Waals surface area contributed by atoms with E-state index in [-0.39, 0.29) is 52.5 Å². The highest BCUT2D eigenvalue weighted by Gasteiger charge is 2.45. The molecule has 7 rings (SSSR count). The molecule has 0 aliphatic carbocycles. The maximum atomic E-state index is 14.3. The normalized spacial score (nSPS) is 24.7. The first-order valence-corrected chi connectivity index (χ1v) is 39.3. The molecule has 21 nitrogen and oxygen atoms in total. The van der Waals surface area contributed by atoms with Gasteiger partial charge in [0.1, 0.15) is 76.2 Å². The molecule has 3 aromatic carbocycles. The summed E-state index contributed by atoms with van der Waals surface area (Å²) < 4.78 is 70.8. The van der Waals surface area contributed by atoms with E-state index in [0.29, 0.717) is 47.1 Å². The molecule has 3 aromatic rings. The van der Waals surface area contributed by atoms with Gasteiger partial charge in [-0.15, -0.1) is 0 Å². The number of aliphatic hydroxyl groups excluding tert-OH is 1. The van der Waals surface area contributed by atoms with Crippen molar-refractivity contribution in [2.24, 2.45) is 11.8 Å². The van der Waals surface area contributed by atoms with Gasteiger partial charge >= 0.3 is 36.4 Å². The van der Waals surface area contributed by atoms with Gasteiger partial charge in [-0.3, -0.25) is 9.80 Å². The molecule has 10 atom stereocenters. The number of amides is 2. The number of methoxy groups -OCH3 is 1. The van der Waals surface area contributed by atoms with E-state index in [4.69, 9.17) is 56.2 Å². The van der Waals surface area contributed by atoms with E-state index >= 15 is 0 Å². The van der Waals surface area contributed by atoms with Crippen LogP contribution in [0.1, 0.15) is 175 Å². The fourth-order valence-corrected chi connectivity index (χ4v) is 12.0. The lowest BCUT2D eigenvalue weighted by Gasteiger charge is -2.37. The fraction of sp³-hybridized carbons (Fsp3) is 0.568. The highest BCUT2D eigenvalue weighted by molar-refractivity contribution is 6.75. The predicted molar refractivity (Wildman–Crippen MR) is 379 cm³/mol. The first-order chi connectivity index (χ1) is 45.0. The summed E-state index contributed by atoms with van der Waals surface area (Å²) >= 11 is 0. The SMILES string of the molecule is CCN(C(=O)OC(C)(C)C)c1cc2c(c(O[Si](C)(C)C(C)(C)C)c1)C(=O)O[C@@H](C)[C@H](C)/C=C\[C@@H](O)[C@H]1OC(=O)O[C@H]1C/C=C/2.CCN(C(=O)OC(C)(C)C)c1cc2c(c(O[Si](C)(C)C(C)(C)C)c1)C(=O)O[C@@H](C)[C@H](C)/C=C\[C@@H](OCc1ccc(OC)cc1)[C@H]1OC(=O)O[C@H]1C/C=C/2. The Morgan fingerprint density at radius 2 is 0.959 bits per heavy atom. The molecule has 0 saturated carbocycles. The van der Waals surface area contributed by atoms with Gasteiger partial charge in [0.25, 0.3) is 16.6 Å². The van der Waals surface area contributed by atoms with Crippen molar-refractivity contribution in [3.05, 3.63) is 113 Å². The molecule has 2 saturated heterocycles. The number of nitrogens with zero attached hydrogens (tertiary/aromatic N) is 2. The number of esters is 2. The number of aliphatic hydroxyl groups is 1. The Hall–Kier alpha value is -7.61. The number of anilines is 2. The molecule has 4 aliphatic heterocycles. The molecule has 0 unspecified atom stereocenters. The first kappa shape index (κ1) is 78.4. The van der Waals surface area contributed by atoms with Gasteiger partial charge in [0.15, 0.2) is 12.2 Å². The first-order valence-electron chi connectivity index (χ1n) is 33.5. The Morgan fingerprint density at radius 3 is 1.35 bits per heavy atom. The van der Waals surface area contributed by atoms with Crippen LogP contribution in [0, 0.1) is 11.8 Å². The van der Waals surface area contributed by atoms with Crippen LogP contribution in [0.2, 0.25) is 36.3 Å². The lowest BCUT2D eigenvalue weighted by molar-refractivity contribution is -0.0216. The van der Waals surface area contributed by atoms with Crippen LogP contribution in [-0.2, 0) is 49.2 Å². The standard InChI is InChI=1S/C41H57NO10Si.C33H49NO9Si/c1-13-42(38(44)51-40(4,5)6)30-23-29-15-14-16-33-36(50-39(45)49-33)32(47-25-28-18-20-31(46-10)21-19-28)22-17-26(2)27(3)48-37(43)35(29)34(24-30)52-53(11,12)41(7,8)9;1-12-34(30(37)42-32(4,5)6)23-18-22-14-13-15-25-28(41-31(38)40-25)24(35)17-16-20(2)21(3)39-29(36)27(22)26(19-23)43-44(10,11)33(7,8)9/h14-15,17-24,26-27,32-33,36H,13,16,25H2,1-12H3;13-14,16-21,24-25,28,35H,12,15H2,1-11H3/b15-14+,22-17-;14-13+,17-16-/t26-,27+,32-,33+,36-;20-,21+,24-,25+,28-/m11/s1. The number of ether oxygens (including phenoxy) is 10. The summed E-state index contributed by atoms with van der Waals surface area (Å²) in [6, 6.07) is 14.4. The van der Waals surface area contributed by atoms with Crippen LogP contribution in [0.3, 0.4) is 0 Å². The summed E-state index contributed by atoms with van der Waals surface area (Å²) in [5.41, 5.74) is 1.86. The Morgan fingerprint density at radius 1 is 0.557 bits per heavy atom. The van der Waals surface area contributed by atoms with Crippen LogP contribution in [0.25, 0.3) is 12.2 Å². The van der Waals surface area contributed by atoms with Crippen molar-refractivity contribution in [1.29, 1.82) is 0 Å². The minimum absolute atomic E-state index is 0.193. The average Bonchev–Trinajstić information content (AvgIpc) is 1.61. The second-order valence-electron chi connectivity index (χ2n) is 30.1. The zero-order valence-corrected chi connectivity index (χ0v) is 63.2. The van der Waals surface area contributed by atoms with Crippen molar-refractivity contribution >= 4 is 76.6 Å². The number of fused-ring (bicyclic) bond motifs is 4. The maximum absolute atomic E-state index is 14.3. The van der Waals surface area contributed by atoms with Crippen LogP contribution in [0.15, 0.2) is 85.0 Å². The zero-order valence-electron chi connectivity index (χ0n) is 61.2. The van der Waals surface area contributed by atoms with E-state index < -0.39 is 113 Å². The van der Waals surface area contributed by atoms with Crippen molar-refractivity contribution in [3.63, 3.8) is 0 Å². The minimum Gasteiger partial charge on any atom is -0.543 e. The molecule has 2 amide bonds. The summed E-state index contributed by atoms with van der Waals surface area (Å²) in [7, 11) is -3.41. The van der Waals surface area contributed by atoms with Gasteiger partial charge in [0, 0.05) is 49.9 Å². The highest BCUT2D eigenvalue weighted by Crippen LogP contribution is 2.44. The molecule has 0 radical (unpaired) electrons. The quantitative estimate of drug-likeness (QED) is 0.0767. The molecule has 2 fully saturated rings. The Bertz CT molecular complexity index is 3400. The number of carbonyl (C=O) groups is 6. The lowest BCUT2D eigenvalue weighted by atomic mass is 9.98. The Balaban J connectivity index is 0.000000312. The molecule has 0 bridgehead atoms. The number of hydrogen-bond donors (Lipinski definition) is 1. The number of carbonyl (C=O) groups excluding carboxylic acids is 6. The zero-order chi connectivity index (χ0) is 72.5. The molecular formula is C74H106N2O19Si2. The number of cyclic esters (lactones) is 2. The molecule has 23 heteroatoms. The van der Waals surface area contributed by atoms with Crippen molar-refractivity contribution in [2.75, 3.05) is 30.0 Å². The third kappa shape index (κ3) is 21.0. The van der Waals surface area contributed by atoms with Gasteiger partial charge in [-0.25, -0.2) is 28.8 Å². The van der Waals surface area contributed by atoms with E-state index in [1.165, 1.54) is 15.9 Å². The summed E-state index contributed by atoms with van der Waals surface area (Å²) in [5, 5.41) is 10.4. The van der Waals surface area contributed by atoms with Gasteiger partial charge in [0.2, 0.25) is 0 Å². The van der Waals surface area contributed by atoms with Crippen molar-refractivity contribution in [3.8, 4) is 17.2 Å². The van der Waals surface area contributed by atoms with E-state index in [9.17, 15) is 33.9 Å². The van der Waals surface area contributed by atoms with Gasteiger partial charge < -0.3 is 61.3 Å². The smallest absolute Gasteiger partial charge is 0.509 e. The van der Waals surface area contributed by atoms with Crippen molar-refractivity contribution < 1.29 is 90.1 Å². The minimum atomic E-state index is -2.53. The van der Waals surface area contributed by atoms with Gasteiger partial charge in [0.05, 0.1) is 25.1 Å². The third-order valence-electron chi connectivity index (χ3n) is 18.0. The fourth-order valence-electron chi connectivity index (χ4n) is 9.98. The molecule has 4 aliphatic rings. The number of benzene rings is 3. The van der Waals surface area contributed by atoms with Crippen molar-refractivity contribution in [2.45, 2.75) is 240 Å². The second kappa shape index (κ2) is 31.9. The predicted octanol–water partition coefficient (Wildman–Crippen LogP) is 16.7. The van der Waals surface area contributed by atoms with E-state index in [1.807, 2.05) is 97.9 Å². The van der Waals surface area contributed by atoms with E-state index in [2.05, 4.69) is 67.7 Å². The summed E-state index contributed by atoms with van der Waals surface area (Å²) in [5.74, 6) is -0.306. The summed E-state index contributed by atoms with van der Waals surface area (Å²) in [6.07, 6.45) is 5.82. The van der Waals surface area contributed by atoms with E-state index in [1.54, 1.807) is 83.4 Å². The second-order valence-corrected chi connectivity index (χ2v) is 39.5. The summed E-state index contributed by atoms with van der Waals surface area (Å²) in [6.45, 7) is 43.8. The lowest BCUT2D eigenvalue weighted by Crippen LogP contribution is -2.44. The third-order valence-corrected chi connectivity index (χ3v) is 26.7. The highest BCUT2D eigenvalue weighted by atomic mass is 28.4. The van der Waals surface area contributed by atoms with Crippen LogP contribution < -0.4 is 23.4 Å². The van der Waals surface area contributed by atoms with Gasteiger partial charge in [-0.1, -0.05) is 116 Å². The van der Waals surface area contributed by atoms with Crippen molar-refractivity contribution in [1.82, 2.24) is 0 Å². The number of rotatable bonds is 12. The largest absolute Gasteiger partial charge is 0.543 e. The Kier molecular flexibility index (Phi) is 25.8. The molecule has 97 heavy (non-hydrogen) atoms. The molecule has 0 spiro atoms. The summed E-state index contributed by atoms with van der Waals surface area (Å²) in [4.78, 5) is 82.6. The molecule has 0 aromatic heterocycles. The Labute approximate surface area is 576 Å². The topological polar surface area (TPSA) is 240 Å². The van der Waals surface area contributed by atoms with Crippen LogP contribution >= 0.6 is 0 Å². The van der Waals surface area contributed by atoms with Gasteiger partial charge in [-0.05, 0) is 146 Å². The molecule has 534 valence electrons. The average molecular weight is 1380 g/mol. The molecule has 4 heterocycles. The van der Waals surface area contributed by atoms with Crippen LogP contribution in [0.4, 0.5) is 30.6 Å². The molecule has 1 N–H and O–H groups in total. The monoisotopic (exact) mass is 1380 g/mol.